The van der Waals surface area contributed by atoms with Crippen molar-refractivity contribution in [2.75, 3.05) is 13.7 Å². The standard InChI is InChI=1S/C14H18O7S/c1-8-3-5-9(6-4-8)22(16,17)21-13-11(15)12(18-2)10-7-19-14(13)20-10/h3-6,10-15H,7H2,1-2H3/t10-,11+,12-,13+,14+/m1/s1. The highest BCUT2D eigenvalue weighted by Crippen LogP contribution is 2.33. The lowest BCUT2D eigenvalue weighted by Crippen LogP contribution is -2.56. The van der Waals surface area contributed by atoms with E-state index in [0.29, 0.717) is 0 Å². The first-order chi connectivity index (χ1) is 10.4. The van der Waals surface area contributed by atoms with E-state index in [0.717, 1.165) is 5.56 Å². The number of hydrogen-bond acceptors (Lipinski definition) is 7. The van der Waals surface area contributed by atoms with Gasteiger partial charge < -0.3 is 19.3 Å². The molecule has 3 rings (SSSR count). The predicted octanol–water partition coefficient (Wildman–Crippen LogP) is 0.200. The molecule has 7 nitrogen and oxygen atoms in total. The number of rotatable bonds is 4. The number of aliphatic hydroxyl groups excluding tert-OH is 1. The summed E-state index contributed by atoms with van der Waals surface area (Å²) >= 11 is 0. The van der Waals surface area contributed by atoms with Gasteiger partial charge in [0.2, 0.25) is 0 Å². The van der Waals surface area contributed by atoms with Crippen molar-refractivity contribution in [2.45, 2.75) is 42.5 Å². The van der Waals surface area contributed by atoms with E-state index in [4.69, 9.17) is 18.4 Å². The van der Waals surface area contributed by atoms with Crippen LogP contribution in [0.1, 0.15) is 5.56 Å². The molecule has 5 atom stereocenters. The number of aliphatic hydroxyl groups is 1. The number of methoxy groups -OCH3 is 1. The lowest BCUT2D eigenvalue weighted by Gasteiger charge is -2.36. The molecule has 2 heterocycles. The van der Waals surface area contributed by atoms with E-state index in [1.165, 1.54) is 19.2 Å². The molecule has 8 heteroatoms. The molecule has 0 spiro atoms. The van der Waals surface area contributed by atoms with Crippen LogP contribution in [0.4, 0.5) is 0 Å². The van der Waals surface area contributed by atoms with Crippen LogP contribution in [0.3, 0.4) is 0 Å². The van der Waals surface area contributed by atoms with Gasteiger partial charge in [-0.15, -0.1) is 0 Å². The molecule has 22 heavy (non-hydrogen) atoms. The molecular formula is C14H18O7S. The summed E-state index contributed by atoms with van der Waals surface area (Å²) in [6.07, 6.45) is -4.37. The number of hydrogen-bond donors (Lipinski definition) is 1. The average molecular weight is 330 g/mol. The van der Waals surface area contributed by atoms with Crippen LogP contribution >= 0.6 is 0 Å². The van der Waals surface area contributed by atoms with Crippen LogP contribution < -0.4 is 0 Å². The van der Waals surface area contributed by atoms with Crippen molar-refractivity contribution >= 4 is 10.1 Å². The third kappa shape index (κ3) is 2.78. The summed E-state index contributed by atoms with van der Waals surface area (Å²) in [4.78, 5) is 0.0133. The second kappa shape index (κ2) is 5.88. The molecule has 2 bridgehead atoms. The maximum Gasteiger partial charge on any atom is 0.297 e. The predicted molar refractivity (Wildman–Crippen MR) is 74.7 cm³/mol. The Morgan fingerprint density at radius 1 is 1.23 bits per heavy atom. The van der Waals surface area contributed by atoms with Crippen LogP contribution in [0.25, 0.3) is 0 Å². The molecule has 2 aliphatic heterocycles. The van der Waals surface area contributed by atoms with Crippen molar-refractivity contribution in [3.63, 3.8) is 0 Å². The minimum absolute atomic E-state index is 0.0133. The molecule has 0 radical (unpaired) electrons. The Morgan fingerprint density at radius 3 is 2.55 bits per heavy atom. The van der Waals surface area contributed by atoms with Gasteiger partial charge >= 0.3 is 0 Å². The first-order valence-corrected chi connectivity index (χ1v) is 8.31. The van der Waals surface area contributed by atoms with Crippen molar-refractivity contribution < 1.29 is 31.9 Å². The van der Waals surface area contributed by atoms with Crippen molar-refractivity contribution in [1.82, 2.24) is 0 Å². The Kier molecular flexibility index (Phi) is 4.23. The first kappa shape index (κ1) is 15.9. The fraction of sp³-hybridized carbons (Fsp3) is 0.571. The molecule has 1 aromatic rings. The maximum atomic E-state index is 12.3. The zero-order valence-electron chi connectivity index (χ0n) is 12.2. The van der Waals surface area contributed by atoms with Gasteiger partial charge in [0.25, 0.3) is 10.1 Å². The summed E-state index contributed by atoms with van der Waals surface area (Å²) in [5, 5.41) is 10.3. The second-order valence-corrected chi connectivity index (χ2v) is 6.97. The molecule has 0 amide bonds. The topological polar surface area (TPSA) is 91.3 Å². The van der Waals surface area contributed by atoms with Crippen LogP contribution in [0.2, 0.25) is 0 Å². The van der Waals surface area contributed by atoms with Gasteiger partial charge in [-0.05, 0) is 19.1 Å². The fourth-order valence-corrected chi connectivity index (χ4v) is 3.73. The Labute approximate surface area is 128 Å². The third-order valence-electron chi connectivity index (χ3n) is 3.86. The summed E-state index contributed by atoms with van der Waals surface area (Å²) in [5.41, 5.74) is 0.932. The first-order valence-electron chi connectivity index (χ1n) is 6.90. The summed E-state index contributed by atoms with van der Waals surface area (Å²) in [5.74, 6) is 0. The summed E-state index contributed by atoms with van der Waals surface area (Å²) in [6, 6.07) is 6.24. The van der Waals surface area contributed by atoms with E-state index < -0.39 is 40.8 Å². The fourth-order valence-electron chi connectivity index (χ4n) is 2.65. The third-order valence-corrected chi connectivity index (χ3v) is 5.19. The van der Waals surface area contributed by atoms with Crippen LogP contribution in [-0.2, 0) is 28.5 Å². The Balaban J connectivity index is 1.83. The maximum absolute atomic E-state index is 12.3. The van der Waals surface area contributed by atoms with Crippen molar-refractivity contribution in [3.05, 3.63) is 29.8 Å². The van der Waals surface area contributed by atoms with E-state index >= 15 is 0 Å². The number of aryl methyl sites for hydroxylation is 1. The zero-order chi connectivity index (χ0) is 15.9. The number of fused-ring (bicyclic) bond motifs is 2. The average Bonchev–Trinajstić information content (AvgIpc) is 2.91. The van der Waals surface area contributed by atoms with Crippen molar-refractivity contribution in [3.8, 4) is 0 Å². The van der Waals surface area contributed by atoms with Crippen LogP contribution in [0.15, 0.2) is 29.2 Å². The highest BCUT2D eigenvalue weighted by Gasteiger charge is 2.52. The summed E-state index contributed by atoms with van der Waals surface area (Å²) < 4.78 is 45.9. The van der Waals surface area contributed by atoms with Crippen molar-refractivity contribution in [1.29, 1.82) is 0 Å². The van der Waals surface area contributed by atoms with Crippen LogP contribution in [-0.4, -0.2) is 57.9 Å². The quantitative estimate of drug-likeness (QED) is 0.789. The molecule has 0 unspecified atom stereocenters. The minimum Gasteiger partial charge on any atom is -0.387 e. The normalized spacial score (nSPS) is 34.8. The largest absolute Gasteiger partial charge is 0.387 e. The minimum atomic E-state index is -4.04. The van der Waals surface area contributed by atoms with Gasteiger partial charge in [-0.25, -0.2) is 0 Å². The summed E-state index contributed by atoms with van der Waals surface area (Å²) in [6.45, 7) is 2.08. The van der Waals surface area contributed by atoms with Gasteiger partial charge in [-0.2, -0.15) is 8.42 Å². The molecule has 2 fully saturated rings. The highest BCUT2D eigenvalue weighted by molar-refractivity contribution is 7.86. The molecule has 1 aromatic carbocycles. The van der Waals surface area contributed by atoms with E-state index in [1.54, 1.807) is 12.1 Å². The smallest absolute Gasteiger partial charge is 0.297 e. The molecular weight excluding hydrogens is 312 g/mol. The van der Waals surface area contributed by atoms with Gasteiger partial charge in [0.05, 0.1) is 11.5 Å². The molecule has 0 saturated carbocycles. The van der Waals surface area contributed by atoms with Gasteiger partial charge in [0.1, 0.15) is 18.3 Å². The van der Waals surface area contributed by atoms with Crippen molar-refractivity contribution in [2.24, 2.45) is 0 Å². The molecule has 2 aliphatic rings. The van der Waals surface area contributed by atoms with Crippen LogP contribution in [0.5, 0.6) is 0 Å². The highest BCUT2D eigenvalue weighted by atomic mass is 32.2. The number of benzene rings is 1. The Morgan fingerprint density at radius 2 is 1.91 bits per heavy atom. The second-order valence-electron chi connectivity index (χ2n) is 5.40. The Hall–Kier alpha value is -1.03. The molecule has 122 valence electrons. The van der Waals surface area contributed by atoms with Gasteiger partial charge in [-0.3, -0.25) is 4.18 Å². The van der Waals surface area contributed by atoms with Gasteiger partial charge in [-0.1, -0.05) is 17.7 Å². The van der Waals surface area contributed by atoms with E-state index in [1.807, 2.05) is 6.92 Å². The van der Waals surface area contributed by atoms with E-state index in [2.05, 4.69) is 0 Å². The van der Waals surface area contributed by atoms with Gasteiger partial charge in [0.15, 0.2) is 12.4 Å². The van der Waals surface area contributed by atoms with Crippen LogP contribution in [0, 0.1) is 6.92 Å². The number of ether oxygens (including phenoxy) is 3. The molecule has 2 saturated heterocycles. The SMILES string of the molecule is CO[C@H]1[C@H](O)[C@H](OS(=O)(=O)c2ccc(C)cc2)[C@H]2OC[C@H]1O2. The molecule has 0 aromatic heterocycles. The summed E-state index contributed by atoms with van der Waals surface area (Å²) in [7, 11) is -2.62. The lowest BCUT2D eigenvalue weighted by molar-refractivity contribution is -0.225. The zero-order valence-corrected chi connectivity index (χ0v) is 13.0. The molecule has 0 aliphatic carbocycles. The Bertz CT molecular complexity index is 627. The monoisotopic (exact) mass is 330 g/mol. The van der Waals surface area contributed by atoms with E-state index in [9.17, 15) is 13.5 Å². The molecule has 1 N–H and O–H groups in total. The lowest BCUT2D eigenvalue weighted by atomic mass is 10.0. The van der Waals surface area contributed by atoms with Gasteiger partial charge in [0, 0.05) is 7.11 Å². The van der Waals surface area contributed by atoms with E-state index in [-0.39, 0.29) is 11.5 Å².